The molecule has 0 aliphatic heterocycles. The molecule has 19 heavy (non-hydrogen) atoms. The van der Waals surface area contributed by atoms with Crippen molar-refractivity contribution in [2.45, 2.75) is 0 Å². The fourth-order valence-electron chi connectivity index (χ4n) is 1.34. The molecule has 0 aliphatic carbocycles. The van der Waals surface area contributed by atoms with Crippen molar-refractivity contribution in [3.63, 3.8) is 0 Å². The van der Waals surface area contributed by atoms with Gasteiger partial charge in [0.2, 0.25) is 0 Å². The van der Waals surface area contributed by atoms with E-state index in [-0.39, 0.29) is 5.56 Å². The largest absolute Gasteiger partial charge is 0.272 e. The van der Waals surface area contributed by atoms with Gasteiger partial charge >= 0.3 is 0 Å². The minimum Gasteiger partial charge on any atom is -0.267 e. The highest BCUT2D eigenvalue weighted by molar-refractivity contribution is 9.10. The third-order valence-electron chi connectivity index (χ3n) is 2.25. The van der Waals surface area contributed by atoms with E-state index in [1.807, 2.05) is 0 Å². The van der Waals surface area contributed by atoms with E-state index in [0.29, 0.717) is 5.56 Å². The summed E-state index contributed by atoms with van der Waals surface area (Å²) in [4.78, 5) is 15.4. The van der Waals surface area contributed by atoms with Gasteiger partial charge in [-0.3, -0.25) is 9.78 Å². The minimum absolute atomic E-state index is 0.279. The molecule has 1 aromatic carbocycles. The van der Waals surface area contributed by atoms with Crippen LogP contribution in [0.2, 0.25) is 0 Å². The number of hydrogen-bond acceptors (Lipinski definition) is 3. The van der Waals surface area contributed by atoms with Crippen molar-refractivity contribution in [3.05, 3.63) is 64.1 Å². The van der Waals surface area contributed by atoms with Crippen LogP contribution in [0, 0.1) is 5.82 Å². The normalized spacial score (nSPS) is 10.6. The lowest BCUT2D eigenvalue weighted by Crippen LogP contribution is -2.17. The van der Waals surface area contributed by atoms with Gasteiger partial charge in [0.05, 0.1) is 11.8 Å². The molecule has 0 radical (unpaired) electrons. The molecule has 0 fully saturated rings. The summed E-state index contributed by atoms with van der Waals surface area (Å²) in [6.07, 6.45) is 4.23. The number of nitrogens with zero attached hydrogens (tertiary/aromatic N) is 2. The van der Waals surface area contributed by atoms with Gasteiger partial charge in [-0.1, -0.05) is 15.9 Å². The van der Waals surface area contributed by atoms with Crippen LogP contribution in [-0.2, 0) is 0 Å². The van der Waals surface area contributed by atoms with Crippen LogP contribution < -0.4 is 5.43 Å². The molecule has 2 rings (SSSR count). The van der Waals surface area contributed by atoms with Crippen LogP contribution in [0.25, 0.3) is 0 Å². The standard InChI is InChI=1S/C13H9BrFN3O/c14-11-3-4-12(15)10(6-11)8-17-18-13(19)9-2-1-5-16-7-9/h1-8H,(H,18,19)/b17-8+. The molecule has 0 saturated heterocycles. The van der Waals surface area contributed by atoms with E-state index in [1.54, 1.807) is 30.5 Å². The molecule has 0 aliphatic rings. The van der Waals surface area contributed by atoms with Gasteiger partial charge in [0.1, 0.15) is 5.82 Å². The molecule has 2 aromatic rings. The molecule has 0 unspecified atom stereocenters. The Labute approximate surface area is 117 Å². The number of hydrazone groups is 1. The Kier molecular flexibility index (Phi) is 4.35. The number of carbonyl (C=O) groups is 1. The first-order chi connectivity index (χ1) is 9.16. The third-order valence-corrected chi connectivity index (χ3v) is 2.74. The number of benzene rings is 1. The third kappa shape index (κ3) is 3.69. The van der Waals surface area contributed by atoms with E-state index in [0.717, 1.165) is 4.47 Å². The maximum absolute atomic E-state index is 13.4. The zero-order valence-electron chi connectivity index (χ0n) is 9.68. The Morgan fingerprint density at radius 1 is 1.42 bits per heavy atom. The fourth-order valence-corrected chi connectivity index (χ4v) is 1.71. The summed E-state index contributed by atoms with van der Waals surface area (Å²) >= 11 is 3.23. The van der Waals surface area contributed by atoms with Crippen LogP contribution in [0.15, 0.2) is 52.3 Å². The monoisotopic (exact) mass is 321 g/mol. The van der Waals surface area contributed by atoms with E-state index in [1.165, 1.54) is 18.5 Å². The predicted molar refractivity (Wildman–Crippen MR) is 73.4 cm³/mol. The maximum Gasteiger partial charge on any atom is 0.272 e. The molecule has 1 amide bonds. The van der Waals surface area contributed by atoms with Crippen LogP contribution >= 0.6 is 15.9 Å². The molecule has 1 aromatic heterocycles. The molecule has 0 atom stereocenters. The van der Waals surface area contributed by atoms with Crippen molar-refractivity contribution in [2.24, 2.45) is 5.10 Å². The molecule has 1 heterocycles. The molecule has 0 saturated carbocycles. The van der Waals surface area contributed by atoms with Gasteiger partial charge < -0.3 is 0 Å². The number of amides is 1. The summed E-state index contributed by atoms with van der Waals surface area (Å²) in [7, 11) is 0. The zero-order chi connectivity index (χ0) is 13.7. The van der Waals surface area contributed by atoms with E-state index in [2.05, 4.69) is 31.4 Å². The van der Waals surface area contributed by atoms with Crippen LogP contribution in [0.1, 0.15) is 15.9 Å². The first-order valence-corrected chi connectivity index (χ1v) is 6.14. The molecule has 0 bridgehead atoms. The highest BCUT2D eigenvalue weighted by Gasteiger charge is 2.03. The van der Waals surface area contributed by atoms with Crippen molar-refractivity contribution < 1.29 is 9.18 Å². The number of nitrogens with one attached hydrogen (secondary N) is 1. The Balaban J connectivity index is 2.04. The maximum atomic E-state index is 13.4. The average molecular weight is 322 g/mol. The van der Waals surface area contributed by atoms with Gasteiger partial charge in [-0.15, -0.1) is 0 Å². The molecular formula is C13H9BrFN3O. The molecule has 1 N–H and O–H groups in total. The number of rotatable bonds is 3. The summed E-state index contributed by atoms with van der Waals surface area (Å²) in [6.45, 7) is 0. The van der Waals surface area contributed by atoms with Crippen molar-refractivity contribution >= 4 is 28.1 Å². The van der Waals surface area contributed by atoms with Gasteiger partial charge in [0.25, 0.3) is 5.91 Å². The lowest BCUT2D eigenvalue weighted by molar-refractivity contribution is 0.0955. The van der Waals surface area contributed by atoms with E-state index >= 15 is 0 Å². The fraction of sp³-hybridized carbons (Fsp3) is 0. The smallest absolute Gasteiger partial charge is 0.267 e. The van der Waals surface area contributed by atoms with Gasteiger partial charge in [-0.25, -0.2) is 9.82 Å². The highest BCUT2D eigenvalue weighted by atomic mass is 79.9. The second kappa shape index (κ2) is 6.19. The van der Waals surface area contributed by atoms with Crippen LogP contribution in [0.5, 0.6) is 0 Å². The topological polar surface area (TPSA) is 54.4 Å². The number of aromatic nitrogens is 1. The summed E-state index contributed by atoms with van der Waals surface area (Å²) in [5, 5.41) is 3.71. The summed E-state index contributed by atoms with van der Waals surface area (Å²) in [6, 6.07) is 7.72. The Bertz CT molecular complexity index is 617. The quantitative estimate of drug-likeness (QED) is 0.698. The number of carbonyl (C=O) groups excluding carboxylic acids is 1. The lowest BCUT2D eigenvalue weighted by atomic mass is 10.2. The van der Waals surface area contributed by atoms with Crippen LogP contribution in [0.3, 0.4) is 0 Å². The Morgan fingerprint density at radius 2 is 2.26 bits per heavy atom. The molecule has 96 valence electrons. The summed E-state index contributed by atoms with van der Waals surface area (Å²) in [5.41, 5.74) is 2.96. The van der Waals surface area contributed by atoms with Gasteiger partial charge in [-0.2, -0.15) is 5.10 Å². The molecule has 6 heteroatoms. The van der Waals surface area contributed by atoms with Gasteiger partial charge in [0, 0.05) is 22.4 Å². The van der Waals surface area contributed by atoms with E-state index in [9.17, 15) is 9.18 Å². The Morgan fingerprint density at radius 3 is 3.00 bits per heavy atom. The Hall–Kier alpha value is -2.08. The molecule has 0 spiro atoms. The van der Waals surface area contributed by atoms with Crippen molar-refractivity contribution in [1.82, 2.24) is 10.4 Å². The summed E-state index contributed by atoms with van der Waals surface area (Å²) in [5.74, 6) is -0.817. The SMILES string of the molecule is O=C(N/N=C/c1cc(Br)ccc1F)c1cccnc1. The van der Waals surface area contributed by atoms with Gasteiger partial charge in [0.15, 0.2) is 0 Å². The van der Waals surface area contributed by atoms with E-state index in [4.69, 9.17) is 0 Å². The van der Waals surface area contributed by atoms with Gasteiger partial charge in [-0.05, 0) is 30.3 Å². The summed E-state index contributed by atoms with van der Waals surface area (Å²) < 4.78 is 14.1. The van der Waals surface area contributed by atoms with Crippen LogP contribution in [-0.4, -0.2) is 17.1 Å². The van der Waals surface area contributed by atoms with Crippen molar-refractivity contribution in [2.75, 3.05) is 0 Å². The average Bonchev–Trinajstić information content (AvgIpc) is 2.43. The van der Waals surface area contributed by atoms with E-state index < -0.39 is 11.7 Å². The highest BCUT2D eigenvalue weighted by Crippen LogP contribution is 2.13. The number of hydrogen-bond donors (Lipinski definition) is 1. The number of pyridine rings is 1. The molecule has 4 nitrogen and oxygen atoms in total. The second-order valence-electron chi connectivity index (χ2n) is 3.61. The zero-order valence-corrected chi connectivity index (χ0v) is 11.3. The lowest BCUT2D eigenvalue weighted by Gasteiger charge is -1.99. The second-order valence-corrected chi connectivity index (χ2v) is 4.52. The predicted octanol–water partition coefficient (Wildman–Crippen LogP) is 2.75. The first kappa shape index (κ1) is 13.4. The number of halogens is 2. The minimum atomic E-state index is -0.414. The van der Waals surface area contributed by atoms with Crippen molar-refractivity contribution in [3.8, 4) is 0 Å². The van der Waals surface area contributed by atoms with Crippen molar-refractivity contribution in [1.29, 1.82) is 0 Å². The molecular weight excluding hydrogens is 313 g/mol. The first-order valence-electron chi connectivity index (χ1n) is 5.35. The van der Waals surface area contributed by atoms with Crippen LogP contribution in [0.4, 0.5) is 4.39 Å².